The Labute approximate surface area is 114 Å². The largest absolute Gasteiger partial charge is 0.465 e. The van der Waals surface area contributed by atoms with Gasteiger partial charge in [-0.15, -0.1) is 0 Å². The third-order valence-corrected chi connectivity index (χ3v) is 2.94. The van der Waals surface area contributed by atoms with E-state index in [0.29, 0.717) is 26.1 Å². The van der Waals surface area contributed by atoms with E-state index in [9.17, 15) is 4.79 Å². The molecule has 0 saturated heterocycles. The molecule has 1 unspecified atom stereocenters. The number of ether oxygens (including phenoxy) is 2. The van der Waals surface area contributed by atoms with Gasteiger partial charge >= 0.3 is 5.97 Å². The molecule has 1 atom stereocenters. The molecule has 0 amide bonds. The smallest absolute Gasteiger partial charge is 0.329 e. The molecular weight excluding hydrogens is 248 g/mol. The van der Waals surface area contributed by atoms with Crippen LogP contribution in [0.2, 0.25) is 0 Å². The molecule has 0 bridgehead atoms. The van der Waals surface area contributed by atoms with Crippen molar-refractivity contribution in [2.75, 3.05) is 33.4 Å². The minimum atomic E-state index is -0.860. The van der Waals surface area contributed by atoms with Gasteiger partial charge in [-0.25, -0.2) is 4.79 Å². The van der Waals surface area contributed by atoms with Crippen molar-refractivity contribution in [2.24, 2.45) is 11.0 Å². The highest BCUT2D eigenvalue weighted by Crippen LogP contribution is 2.20. The fraction of sp³-hybridized carbons (Fsp3) is 0.917. The monoisotopic (exact) mass is 272 g/mol. The van der Waals surface area contributed by atoms with Gasteiger partial charge in [-0.3, -0.25) is 5.32 Å². The molecule has 0 fully saturated rings. The summed E-state index contributed by atoms with van der Waals surface area (Å²) in [6.07, 6.45) is 0.654. The number of carbonyl (C=O) groups is 1. The summed E-state index contributed by atoms with van der Waals surface area (Å²) in [6, 6.07) is 0. The molecule has 19 heavy (non-hydrogen) atoms. The molecule has 0 aromatic heterocycles. The zero-order chi connectivity index (χ0) is 14.7. The lowest BCUT2D eigenvalue weighted by molar-refractivity contribution is -0.156. The van der Waals surface area contributed by atoms with Gasteiger partial charge in [0, 0.05) is 18.6 Å². The summed E-state index contributed by atoms with van der Waals surface area (Å²) in [5, 5.41) is 6.65. The van der Waals surface area contributed by atoms with E-state index in [4.69, 9.17) is 15.0 Å². The molecule has 0 radical (unpaired) electrons. The van der Waals surface area contributed by atoms with Crippen LogP contribution in [-0.4, -0.2) is 44.9 Å². The van der Waals surface area contributed by atoms with Gasteiger partial charge in [-0.2, -0.15) is 0 Å². The molecule has 0 aromatic carbocycles. The Bertz CT molecular complexity index is 316. The zero-order valence-electron chi connectivity index (χ0n) is 12.2. The van der Waals surface area contributed by atoms with E-state index in [2.05, 4.69) is 15.3 Å². The number of azide groups is 1. The summed E-state index contributed by atoms with van der Waals surface area (Å²) in [5.74, 6) is -0.290. The van der Waals surface area contributed by atoms with Crippen molar-refractivity contribution < 1.29 is 14.3 Å². The molecule has 7 heteroatoms. The van der Waals surface area contributed by atoms with E-state index in [-0.39, 0.29) is 18.5 Å². The van der Waals surface area contributed by atoms with E-state index in [1.165, 1.54) is 0 Å². The topological polar surface area (TPSA) is 96.3 Å². The zero-order valence-corrected chi connectivity index (χ0v) is 12.2. The first kappa shape index (κ1) is 17.7. The van der Waals surface area contributed by atoms with Gasteiger partial charge in [-0.05, 0) is 31.3 Å². The first-order valence-electron chi connectivity index (χ1n) is 6.47. The Balaban J connectivity index is 4.71. The average Bonchev–Trinajstić information content (AvgIpc) is 2.37. The first-order chi connectivity index (χ1) is 9.05. The van der Waals surface area contributed by atoms with E-state index in [1.54, 1.807) is 14.0 Å². The molecule has 0 aliphatic heterocycles. The molecule has 0 saturated carbocycles. The highest BCUT2D eigenvalue weighted by molar-refractivity contribution is 5.81. The van der Waals surface area contributed by atoms with Crippen LogP contribution in [-0.2, 0) is 14.3 Å². The van der Waals surface area contributed by atoms with Crippen molar-refractivity contribution in [3.05, 3.63) is 10.4 Å². The summed E-state index contributed by atoms with van der Waals surface area (Å²) in [6.45, 7) is 7.18. The van der Waals surface area contributed by atoms with Crippen molar-refractivity contribution in [1.82, 2.24) is 5.32 Å². The van der Waals surface area contributed by atoms with Crippen LogP contribution < -0.4 is 5.32 Å². The molecule has 0 aromatic rings. The van der Waals surface area contributed by atoms with Crippen LogP contribution in [0, 0.1) is 5.92 Å². The quantitative estimate of drug-likeness (QED) is 0.216. The minimum Gasteiger partial charge on any atom is -0.465 e. The average molecular weight is 272 g/mol. The minimum absolute atomic E-state index is 0.0194. The second-order valence-corrected chi connectivity index (χ2v) is 4.51. The Morgan fingerprint density at radius 3 is 2.68 bits per heavy atom. The lowest BCUT2D eigenvalue weighted by Gasteiger charge is -2.35. The number of hydrogen-bond acceptors (Lipinski definition) is 5. The van der Waals surface area contributed by atoms with Gasteiger partial charge in [0.25, 0.3) is 0 Å². The molecule has 110 valence electrons. The van der Waals surface area contributed by atoms with Crippen LogP contribution in [0.3, 0.4) is 0 Å². The number of esters is 1. The summed E-state index contributed by atoms with van der Waals surface area (Å²) >= 11 is 0. The molecule has 7 nitrogen and oxygen atoms in total. The predicted octanol–water partition coefficient (Wildman–Crippen LogP) is 1.88. The lowest BCUT2D eigenvalue weighted by atomic mass is 9.87. The number of nitrogens with one attached hydrogen (secondary N) is 1. The van der Waals surface area contributed by atoms with Gasteiger partial charge in [-0.1, -0.05) is 19.0 Å². The maximum absolute atomic E-state index is 12.2. The second-order valence-electron chi connectivity index (χ2n) is 4.51. The Morgan fingerprint density at radius 2 is 2.21 bits per heavy atom. The third kappa shape index (κ3) is 5.46. The van der Waals surface area contributed by atoms with E-state index in [1.807, 2.05) is 13.8 Å². The van der Waals surface area contributed by atoms with Crippen molar-refractivity contribution in [3.63, 3.8) is 0 Å². The Hall–Kier alpha value is -1.30. The van der Waals surface area contributed by atoms with Crippen LogP contribution >= 0.6 is 0 Å². The standard InChI is InChI=1S/C12H24N4O3/c1-5-19-11(17)12(9-18-4,10(2)3)14-7-6-8-15-16-13/h10,14H,5-9H2,1-4H3. The van der Waals surface area contributed by atoms with Crippen LogP contribution in [0.5, 0.6) is 0 Å². The van der Waals surface area contributed by atoms with Gasteiger partial charge in [0.1, 0.15) is 5.54 Å². The maximum atomic E-state index is 12.2. The van der Waals surface area contributed by atoms with E-state index in [0.717, 1.165) is 0 Å². The van der Waals surface area contributed by atoms with Crippen molar-refractivity contribution >= 4 is 5.97 Å². The second kappa shape index (κ2) is 9.61. The number of hydrogen-bond donors (Lipinski definition) is 1. The number of carbonyl (C=O) groups excluding carboxylic acids is 1. The molecule has 0 heterocycles. The summed E-state index contributed by atoms with van der Waals surface area (Å²) in [5.41, 5.74) is 7.34. The molecule has 0 aliphatic carbocycles. The summed E-state index contributed by atoms with van der Waals surface area (Å²) in [7, 11) is 1.55. The van der Waals surface area contributed by atoms with Gasteiger partial charge in [0.05, 0.1) is 13.2 Å². The van der Waals surface area contributed by atoms with E-state index < -0.39 is 5.54 Å². The number of rotatable bonds is 10. The summed E-state index contributed by atoms with van der Waals surface area (Å²) in [4.78, 5) is 14.9. The summed E-state index contributed by atoms with van der Waals surface area (Å²) < 4.78 is 10.3. The Kier molecular flexibility index (Phi) is 8.95. The van der Waals surface area contributed by atoms with Crippen molar-refractivity contribution in [2.45, 2.75) is 32.7 Å². The number of nitrogens with zero attached hydrogens (tertiary/aromatic N) is 3. The lowest BCUT2D eigenvalue weighted by Crippen LogP contribution is -2.60. The van der Waals surface area contributed by atoms with Crippen molar-refractivity contribution in [1.29, 1.82) is 0 Å². The normalized spacial score (nSPS) is 13.7. The van der Waals surface area contributed by atoms with Gasteiger partial charge < -0.3 is 9.47 Å². The molecule has 1 N–H and O–H groups in total. The first-order valence-corrected chi connectivity index (χ1v) is 6.47. The van der Waals surface area contributed by atoms with Gasteiger partial charge in [0.2, 0.25) is 0 Å². The van der Waals surface area contributed by atoms with Crippen LogP contribution in [0.4, 0.5) is 0 Å². The molecule has 0 aliphatic rings. The van der Waals surface area contributed by atoms with Crippen LogP contribution in [0.15, 0.2) is 5.11 Å². The Morgan fingerprint density at radius 1 is 1.53 bits per heavy atom. The third-order valence-electron chi connectivity index (χ3n) is 2.94. The maximum Gasteiger partial charge on any atom is 0.329 e. The van der Waals surface area contributed by atoms with Crippen LogP contribution in [0.1, 0.15) is 27.2 Å². The predicted molar refractivity (Wildman–Crippen MR) is 72.7 cm³/mol. The van der Waals surface area contributed by atoms with Crippen molar-refractivity contribution in [3.8, 4) is 0 Å². The van der Waals surface area contributed by atoms with Crippen LogP contribution in [0.25, 0.3) is 10.4 Å². The molecule has 0 rings (SSSR count). The fourth-order valence-electron chi connectivity index (χ4n) is 1.78. The highest BCUT2D eigenvalue weighted by Gasteiger charge is 2.42. The highest BCUT2D eigenvalue weighted by atomic mass is 16.5. The molecular formula is C12H24N4O3. The fourth-order valence-corrected chi connectivity index (χ4v) is 1.78. The SMILES string of the molecule is CCOC(=O)C(COC)(NCCCN=[N+]=[N-])C(C)C. The molecule has 0 spiro atoms. The van der Waals surface area contributed by atoms with E-state index >= 15 is 0 Å². The van der Waals surface area contributed by atoms with Gasteiger partial charge in [0.15, 0.2) is 0 Å². The number of methoxy groups -OCH3 is 1.